The average Bonchev–Trinajstić information content (AvgIpc) is 2.38. The van der Waals surface area contributed by atoms with Crippen molar-refractivity contribution in [3.05, 3.63) is 61.7 Å². The summed E-state index contributed by atoms with van der Waals surface area (Å²) in [6.45, 7) is 1.01. The van der Waals surface area contributed by atoms with Crippen LogP contribution >= 0.6 is 0 Å². The van der Waals surface area contributed by atoms with Crippen molar-refractivity contribution in [1.29, 1.82) is 0 Å². The second-order valence-electron chi connectivity index (χ2n) is 3.98. The Morgan fingerprint density at radius 1 is 1.10 bits per heavy atom. The molecule has 0 aromatic heterocycles. The average molecular weight is 294 g/mol. The van der Waals surface area contributed by atoms with E-state index in [4.69, 9.17) is 5.11 Å². The maximum Gasteiger partial charge on any atom is 0.512 e. The van der Waals surface area contributed by atoms with Gasteiger partial charge in [-0.05, 0) is 12.5 Å². The Morgan fingerprint density at radius 2 is 1.57 bits per heavy atom. The van der Waals surface area contributed by atoms with Gasteiger partial charge < -0.3 is 5.11 Å². The number of carboxylic acids is 1. The zero-order valence-electron chi connectivity index (χ0n) is 10.8. The van der Waals surface area contributed by atoms with E-state index in [0.717, 1.165) is 6.92 Å². The summed E-state index contributed by atoms with van der Waals surface area (Å²) in [4.78, 5) is 41.5. The van der Waals surface area contributed by atoms with E-state index in [-0.39, 0.29) is 5.56 Å². The minimum absolute atomic E-state index is 0.126. The number of rotatable bonds is 6. The topological polar surface area (TPSA) is 141 Å². The molecule has 21 heavy (non-hydrogen) atoms. The number of carbonyl (C=O) groups is 2. The second kappa shape index (κ2) is 6.37. The third-order valence-electron chi connectivity index (χ3n) is 2.65. The molecule has 0 aliphatic rings. The van der Waals surface area contributed by atoms with Crippen molar-refractivity contribution >= 4 is 17.3 Å². The molecule has 1 aromatic carbocycles. The van der Waals surface area contributed by atoms with Crippen LogP contribution in [0.2, 0.25) is 0 Å². The summed E-state index contributed by atoms with van der Waals surface area (Å²) in [5.41, 5.74) is -0.928. The minimum atomic E-state index is -2.72. The minimum Gasteiger partial charge on any atom is -0.478 e. The lowest BCUT2D eigenvalue weighted by Crippen LogP contribution is -2.38. The van der Waals surface area contributed by atoms with Crippen LogP contribution in [0.4, 0.5) is 0 Å². The molecule has 0 fully saturated rings. The fourth-order valence-corrected chi connectivity index (χ4v) is 1.69. The molecule has 0 heterocycles. The monoisotopic (exact) mass is 294 g/mol. The molecule has 0 radical (unpaired) electrons. The number of Topliss-reactive ketones (excluding diaryl/α,β-unsaturated/α-hetero) is 1. The van der Waals surface area contributed by atoms with Crippen LogP contribution in [-0.4, -0.2) is 32.9 Å². The molecule has 0 aliphatic carbocycles. The number of carboxylic acid groups (broad SMARTS) is 1. The standard InChI is InChI=1S/C12H10N2O7/c1-7(10(15)11(13(18)19)14(20)21)9(12(16)17)8-5-3-2-4-6-8/h2-6,11H,1H3,(H,16,17)/b9-7-. The normalized spacial score (nSPS) is 11.7. The number of hydrogen-bond acceptors (Lipinski definition) is 6. The quantitative estimate of drug-likeness (QED) is 0.357. The molecule has 0 atom stereocenters. The third-order valence-corrected chi connectivity index (χ3v) is 2.65. The van der Waals surface area contributed by atoms with E-state index in [0.29, 0.717) is 0 Å². The van der Waals surface area contributed by atoms with Crippen molar-refractivity contribution < 1.29 is 24.5 Å². The van der Waals surface area contributed by atoms with Crippen molar-refractivity contribution in [3.8, 4) is 0 Å². The Hall–Kier alpha value is -3.10. The molecule has 1 N–H and O–H groups in total. The smallest absolute Gasteiger partial charge is 0.478 e. The summed E-state index contributed by atoms with van der Waals surface area (Å²) in [6, 6.07) is 7.39. The van der Waals surface area contributed by atoms with Gasteiger partial charge in [0.2, 0.25) is 0 Å². The number of ketones is 1. The van der Waals surface area contributed by atoms with Crippen LogP contribution in [0.3, 0.4) is 0 Å². The van der Waals surface area contributed by atoms with Gasteiger partial charge >= 0.3 is 17.9 Å². The summed E-state index contributed by atoms with van der Waals surface area (Å²) >= 11 is 0. The number of nitrogens with zero attached hydrogens (tertiary/aromatic N) is 2. The van der Waals surface area contributed by atoms with E-state index >= 15 is 0 Å². The van der Waals surface area contributed by atoms with Gasteiger partial charge in [-0.3, -0.25) is 25.0 Å². The van der Waals surface area contributed by atoms with Crippen molar-refractivity contribution in [2.45, 2.75) is 13.1 Å². The summed E-state index contributed by atoms with van der Waals surface area (Å²) in [5, 5.41) is 30.3. The highest BCUT2D eigenvalue weighted by atomic mass is 16.7. The molecule has 0 unspecified atom stereocenters. The molecule has 0 spiro atoms. The molecule has 1 aromatic rings. The fourth-order valence-electron chi connectivity index (χ4n) is 1.69. The molecule has 0 bridgehead atoms. The summed E-state index contributed by atoms with van der Waals surface area (Å²) in [5.74, 6) is -2.97. The maximum absolute atomic E-state index is 11.8. The zero-order chi connectivity index (χ0) is 16.2. The molecular formula is C12H10N2O7. The lowest BCUT2D eigenvalue weighted by molar-refractivity contribution is -0.722. The molecule has 0 saturated carbocycles. The van der Waals surface area contributed by atoms with Crippen LogP contribution in [-0.2, 0) is 9.59 Å². The molecule has 0 saturated heterocycles. The lowest BCUT2D eigenvalue weighted by Gasteiger charge is -2.07. The predicted molar refractivity (Wildman–Crippen MR) is 69.5 cm³/mol. The molecule has 0 aliphatic heterocycles. The number of aliphatic carboxylic acids is 1. The molecule has 1 rings (SSSR count). The zero-order valence-corrected chi connectivity index (χ0v) is 10.8. The van der Waals surface area contributed by atoms with Crippen molar-refractivity contribution in [2.24, 2.45) is 0 Å². The Labute approximate surface area is 117 Å². The summed E-state index contributed by atoms with van der Waals surface area (Å²) in [6.07, 6.45) is -2.72. The largest absolute Gasteiger partial charge is 0.512 e. The van der Waals surface area contributed by atoms with Gasteiger partial charge in [0.25, 0.3) is 0 Å². The predicted octanol–water partition coefficient (Wildman–Crippen LogP) is 0.993. The van der Waals surface area contributed by atoms with E-state index in [2.05, 4.69) is 0 Å². The Kier molecular flexibility index (Phi) is 4.84. The van der Waals surface area contributed by atoms with Gasteiger partial charge in [-0.1, -0.05) is 30.3 Å². The Morgan fingerprint density at radius 3 is 1.95 bits per heavy atom. The SMILES string of the molecule is C/C(C(=O)C([N+](=O)[O-])[N+](=O)[O-])=C(/C(=O)O)c1ccccc1. The van der Waals surface area contributed by atoms with Crippen LogP contribution in [0, 0.1) is 20.2 Å². The number of carbonyl (C=O) groups excluding carboxylic acids is 1. The Balaban J connectivity index is 3.42. The van der Waals surface area contributed by atoms with Gasteiger partial charge in [-0.2, -0.15) is 0 Å². The van der Waals surface area contributed by atoms with Crippen molar-refractivity contribution in [1.82, 2.24) is 0 Å². The van der Waals surface area contributed by atoms with Crippen LogP contribution < -0.4 is 0 Å². The lowest BCUT2D eigenvalue weighted by atomic mass is 9.97. The van der Waals surface area contributed by atoms with Gasteiger partial charge in [-0.25, -0.2) is 4.79 Å². The molecule has 110 valence electrons. The molecular weight excluding hydrogens is 284 g/mol. The van der Waals surface area contributed by atoms with E-state index in [1.54, 1.807) is 6.07 Å². The molecule has 9 heteroatoms. The van der Waals surface area contributed by atoms with Crippen LogP contribution in [0.25, 0.3) is 5.57 Å². The first kappa shape index (κ1) is 16.0. The van der Waals surface area contributed by atoms with Gasteiger partial charge in [-0.15, -0.1) is 0 Å². The second-order valence-corrected chi connectivity index (χ2v) is 3.98. The van der Waals surface area contributed by atoms with Crippen molar-refractivity contribution in [2.75, 3.05) is 0 Å². The Bertz CT molecular complexity index is 622. The first-order valence-corrected chi connectivity index (χ1v) is 5.58. The van der Waals surface area contributed by atoms with Crippen LogP contribution in [0.5, 0.6) is 0 Å². The first-order valence-electron chi connectivity index (χ1n) is 5.58. The third kappa shape index (κ3) is 3.47. The number of hydrogen-bond donors (Lipinski definition) is 1. The van der Waals surface area contributed by atoms with Crippen LogP contribution in [0.15, 0.2) is 35.9 Å². The van der Waals surface area contributed by atoms with Gasteiger partial charge in [0.1, 0.15) is 9.85 Å². The van der Waals surface area contributed by atoms with E-state index in [1.807, 2.05) is 0 Å². The van der Waals surface area contributed by atoms with Crippen LogP contribution in [0.1, 0.15) is 12.5 Å². The van der Waals surface area contributed by atoms with Gasteiger partial charge in [0.05, 0.1) is 5.57 Å². The highest BCUT2D eigenvalue weighted by Gasteiger charge is 2.43. The van der Waals surface area contributed by atoms with E-state index < -0.39 is 38.9 Å². The van der Waals surface area contributed by atoms with E-state index in [1.165, 1.54) is 24.3 Å². The van der Waals surface area contributed by atoms with Crippen molar-refractivity contribution in [3.63, 3.8) is 0 Å². The molecule has 9 nitrogen and oxygen atoms in total. The number of nitro groups is 2. The highest BCUT2D eigenvalue weighted by molar-refractivity contribution is 6.23. The first-order chi connectivity index (χ1) is 9.77. The highest BCUT2D eigenvalue weighted by Crippen LogP contribution is 2.21. The maximum atomic E-state index is 11.8. The number of benzene rings is 1. The fraction of sp³-hybridized carbons (Fsp3) is 0.167. The summed E-state index contributed by atoms with van der Waals surface area (Å²) in [7, 11) is 0. The molecule has 0 amide bonds. The van der Waals surface area contributed by atoms with Gasteiger partial charge in [0, 0.05) is 5.57 Å². The van der Waals surface area contributed by atoms with E-state index in [9.17, 15) is 29.8 Å². The summed E-state index contributed by atoms with van der Waals surface area (Å²) < 4.78 is 0. The van der Waals surface area contributed by atoms with Gasteiger partial charge in [0.15, 0.2) is 0 Å².